The molecule has 0 fully saturated rings. The van der Waals surface area contributed by atoms with Crippen LogP contribution in [0.3, 0.4) is 0 Å². The molecule has 1 unspecified atom stereocenters. The van der Waals surface area contributed by atoms with Crippen LogP contribution in [0.5, 0.6) is 0 Å². The van der Waals surface area contributed by atoms with E-state index in [9.17, 15) is 4.79 Å². The first-order chi connectivity index (χ1) is 10.1. The summed E-state index contributed by atoms with van der Waals surface area (Å²) < 4.78 is 0. The largest absolute Gasteiger partial charge is 0.326 e. The highest BCUT2D eigenvalue weighted by atomic mass is 16.2. The number of amides is 2. The summed E-state index contributed by atoms with van der Waals surface area (Å²) >= 11 is 0. The predicted molar refractivity (Wildman–Crippen MR) is 85.7 cm³/mol. The second-order valence-electron chi connectivity index (χ2n) is 5.50. The molecule has 4 nitrogen and oxygen atoms in total. The van der Waals surface area contributed by atoms with Gasteiger partial charge >= 0.3 is 6.03 Å². The summed E-state index contributed by atoms with van der Waals surface area (Å²) in [6, 6.07) is 15.5. The highest BCUT2D eigenvalue weighted by Gasteiger charge is 2.26. The predicted octanol–water partition coefficient (Wildman–Crippen LogP) is 2.92. The van der Waals surface area contributed by atoms with Crippen molar-refractivity contribution in [3.8, 4) is 0 Å². The van der Waals surface area contributed by atoms with Gasteiger partial charge in [-0.25, -0.2) is 4.79 Å². The molecule has 0 aromatic heterocycles. The van der Waals surface area contributed by atoms with Gasteiger partial charge in [0.2, 0.25) is 0 Å². The number of hydrogen-bond donors (Lipinski definition) is 2. The van der Waals surface area contributed by atoms with Gasteiger partial charge in [-0.1, -0.05) is 30.3 Å². The first-order valence-electron chi connectivity index (χ1n) is 7.12. The minimum absolute atomic E-state index is 0.0249. The average molecular weight is 281 g/mol. The van der Waals surface area contributed by atoms with Gasteiger partial charge in [-0.2, -0.15) is 0 Å². The van der Waals surface area contributed by atoms with Gasteiger partial charge < -0.3 is 11.1 Å². The van der Waals surface area contributed by atoms with Crippen LogP contribution in [0.25, 0.3) is 0 Å². The molecule has 0 saturated heterocycles. The van der Waals surface area contributed by atoms with Gasteiger partial charge in [-0.3, -0.25) is 4.90 Å². The number of carbonyl (C=O) groups is 1. The molecule has 1 aliphatic heterocycles. The van der Waals surface area contributed by atoms with E-state index in [-0.39, 0.29) is 12.1 Å². The van der Waals surface area contributed by atoms with Crippen molar-refractivity contribution < 1.29 is 4.79 Å². The van der Waals surface area contributed by atoms with Gasteiger partial charge in [0.15, 0.2) is 0 Å². The molecule has 0 radical (unpaired) electrons. The van der Waals surface area contributed by atoms with Crippen molar-refractivity contribution in [2.24, 2.45) is 5.73 Å². The molecule has 4 heteroatoms. The lowest BCUT2D eigenvalue weighted by atomic mass is 9.99. The molecule has 3 N–H and O–H groups in total. The van der Waals surface area contributed by atoms with E-state index in [2.05, 4.69) is 5.32 Å². The Kier molecular flexibility index (Phi) is 3.62. The standard InChI is InChI=1S/C17H19N3O/c1-12-5-4-7-15(9-12)19-17(21)20-11-14(18)10-13-6-2-3-8-16(13)20/h2-9,14H,10-11,18H2,1H3,(H,19,21). The number of carbonyl (C=O) groups excluding carboxylic acids is 1. The summed E-state index contributed by atoms with van der Waals surface area (Å²) in [5.74, 6) is 0. The SMILES string of the molecule is Cc1cccc(NC(=O)N2CC(N)Cc3ccccc32)c1. The minimum Gasteiger partial charge on any atom is -0.326 e. The molecule has 2 aromatic rings. The van der Waals surface area contributed by atoms with Crippen LogP contribution in [-0.2, 0) is 6.42 Å². The van der Waals surface area contributed by atoms with Crippen molar-refractivity contribution in [3.63, 3.8) is 0 Å². The highest BCUT2D eigenvalue weighted by Crippen LogP contribution is 2.27. The van der Waals surface area contributed by atoms with Gasteiger partial charge in [-0.15, -0.1) is 0 Å². The molecule has 2 aromatic carbocycles. The number of rotatable bonds is 1. The molecular weight excluding hydrogens is 262 g/mol. The molecular formula is C17H19N3O. The summed E-state index contributed by atoms with van der Waals surface area (Å²) in [5.41, 5.74) is 10.1. The Morgan fingerprint density at radius 1 is 1.24 bits per heavy atom. The van der Waals surface area contributed by atoms with Crippen LogP contribution in [0.15, 0.2) is 48.5 Å². The quantitative estimate of drug-likeness (QED) is 0.844. The molecule has 1 atom stereocenters. The van der Waals surface area contributed by atoms with Gasteiger partial charge in [0.1, 0.15) is 0 Å². The van der Waals surface area contributed by atoms with Crippen LogP contribution < -0.4 is 16.0 Å². The Morgan fingerprint density at radius 3 is 2.86 bits per heavy atom. The fourth-order valence-electron chi connectivity index (χ4n) is 2.73. The zero-order chi connectivity index (χ0) is 14.8. The van der Waals surface area contributed by atoms with Crippen molar-refractivity contribution in [1.82, 2.24) is 0 Å². The normalized spacial score (nSPS) is 17.2. The molecule has 0 spiro atoms. The smallest absolute Gasteiger partial charge is 0.326 e. The van der Waals surface area contributed by atoms with Gasteiger partial charge in [0, 0.05) is 24.0 Å². The summed E-state index contributed by atoms with van der Waals surface area (Å²) in [6.07, 6.45) is 0.810. The number of hydrogen-bond acceptors (Lipinski definition) is 2. The monoisotopic (exact) mass is 281 g/mol. The van der Waals surface area contributed by atoms with Gasteiger partial charge in [0.25, 0.3) is 0 Å². The number of nitrogens with one attached hydrogen (secondary N) is 1. The Bertz CT molecular complexity index is 669. The lowest BCUT2D eigenvalue weighted by molar-refractivity contribution is 0.256. The molecule has 0 aliphatic carbocycles. The van der Waals surface area contributed by atoms with E-state index in [0.29, 0.717) is 6.54 Å². The highest BCUT2D eigenvalue weighted by molar-refractivity contribution is 6.02. The summed E-state index contributed by atoms with van der Waals surface area (Å²) in [7, 11) is 0. The molecule has 21 heavy (non-hydrogen) atoms. The van der Waals surface area contributed by atoms with E-state index < -0.39 is 0 Å². The Balaban J connectivity index is 1.85. The fourth-order valence-corrected chi connectivity index (χ4v) is 2.73. The first-order valence-corrected chi connectivity index (χ1v) is 7.12. The number of anilines is 2. The van der Waals surface area contributed by atoms with E-state index in [1.54, 1.807) is 4.90 Å². The van der Waals surface area contributed by atoms with Crippen LogP contribution in [0.4, 0.5) is 16.2 Å². The number of nitrogens with zero attached hydrogens (tertiary/aromatic N) is 1. The second-order valence-corrected chi connectivity index (χ2v) is 5.50. The molecule has 1 heterocycles. The van der Waals surface area contributed by atoms with Crippen LogP contribution in [0.2, 0.25) is 0 Å². The maximum atomic E-state index is 12.5. The van der Waals surface area contributed by atoms with Crippen LogP contribution in [0.1, 0.15) is 11.1 Å². The Hall–Kier alpha value is -2.33. The van der Waals surface area contributed by atoms with Crippen molar-refractivity contribution in [2.75, 3.05) is 16.8 Å². The van der Waals surface area contributed by atoms with Gasteiger partial charge in [-0.05, 0) is 42.7 Å². The number of urea groups is 1. The maximum Gasteiger partial charge on any atom is 0.326 e. The Morgan fingerprint density at radius 2 is 2.05 bits per heavy atom. The van der Waals surface area contributed by atoms with Crippen LogP contribution in [-0.4, -0.2) is 18.6 Å². The summed E-state index contributed by atoms with van der Waals surface area (Å²) in [6.45, 7) is 2.54. The molecule has 0 bridgehead atoms. The summed E-state index contributed by atoms with van der Waals surface area (Å²) in [4.78, 5) is 14.3. The molecule has 0 saturated carbocycles. The lowest BCUT2D eigenvalue weighted by Gasteiger charge is -2.33. The van der Waals surface area contributed by atoms with Crippen molar-refractivity contribution >= 4 is 17.4 Å². The van der Waals surface area contributed by atoms with E-state index in [0.717, 1.165) is 28.9 Å². The number of fused-ring (bicyclic) bond motifs is 1. The molecule has 3 rings (SSSR count). The topological polar surface area (TPSA) is 58.4 Å². The zero-order valence-corrected chi connectivity index (χ0v) is 12.0. The van der Waals surface area contributed by atoms with Crippen molar-refractivity contribution in [2.45, 2.75) is 19.4 Å². The number of benzene rings is 2. The third-order valence-electron chi connectivity index (χ3n) is 3.70. The van der Waals surface area contributed by atoms with Gasteiger partial charge in [0.05, 0.1) is 0 Å². The third-order valence-corrected chi connectivity index (χ3v) is 3.70. The average Bonchev–Trinajstić information content (AvgIpc) is 2.46. The zero-order valence-electron chi connectivity index (χ0n) is 12.0. The third kappa shape index (κ3) is 2.90. The second kappa shape index (κ2) is 5.58. The number of nitrogens with two attached hydrogens (primary N) is 1. The van der Waals surface area contributed by atoms with E-state index in [1.165, 1.54) is 0 Å². The van der Waals surface area contributed by atoms with Crippen molar-refractivity contribution in [1.29, 1.82) is 0 Å². The molecule has 1 aliphatic rings. The van der Waals surface area contributed by atoms with Crippen LogP contribution >= 0.6 is 0 Å². The number of aryl methyl sites for hydroxylation is 1. The van der Waals surface area contributed by atoms with E-state index >= 15 is 0 Å². The van der Waals surface area contributed by atoms with Crippen LogP contribution in [0, 0.1) is 6.92 Å². The summed E-state index contributed by atoms with van der Waals surface area (Å²) in [5, 5.41) is 2.95. The molecule has 2 amide bonds. The first kappa shape index (κ1) is 13.6. The number of para-hydroxylation sites is 1. The fraction of sp³-hybridized carbons (Fsp3) is 0.235. The maximum absolute atomic E-state index is 12.5. The van der Waals surface area contributed by atoms with E-state index in [4.69, 9.17) is 5.73 Å². The Labute approximate surface area is 124 Å². The lowest BCUT2D eigenvalue weighted by Crippen LogP contribution is -2.47. The van der Waals surface area contributed by atoms with E-state index in [1.807, 2.05) is 55.5 Å². The minimum atomic E-state index is -0.136. The molecule has 108 valence electrons. The van der Waals surface area contributed by atoms with Crippen molar-refractivity contribution in [3.05, 3.63) is 59.7 Å².